The number of nitrogens with zero attached hydrogens (tertiary/aromatic N) is 1. The van der Waals surface area contributed by atoms with E-state index in [2.05, 4.69) is 15.6 Å². The highest BCUT2D eigenvalue weighted by molar-refractivity contribution is 5.79. The van der Waals surface area contributed by atoms with Gasteiger partial charge < -0.3 is 16.4 Å². The van der Waals surface area contributed by atoms with Crippen molar-refractivity contribution in [1.82, 2.24) is 4.98 Å². The summed E-state index contributed by atoms with van der Waals surface area (Å²) in [4.78, 5) is 15.5. The van der Waals surface area contributed by atoms with Gasteiger partial charge in [-0.05, 0) is 42.0 Å². The number of nitrogens with two attached hydrogens (primary N) is 1. The summed E-state index contributed by atoms with van der Waals surface area (Å²) in [5.41, 5.74) is 6.03. The molecule has 0 saturated carbocycles. The van der Waals surface area contributed by atoms with Gasteiger partial charge in [-0.2, -0.15) is 13.2 Å². The first-order valence-electron chi connectivity index (χ1n) is 9.00. The molecule has 3 rings (SSSR count). The van der Waals surface area contributed by atoms with Crippen molar-refractivity contribution in [2.24, 2.45) is 5.73 Å². The number of hydrogen-bond donors (Lipinski definition) is 3. The van der Waals surface area contributed by atoms with E-state index in [1.807, 2.05) is 0 Å². The van der Waals surface area contributed by atoms with Crippen molar-refractivity contribution in [3.8, 4) is 0 Å². The van der Waals surface area contributed by atoms with Crippen molar-refractivity contribution < 1.29 is 26.7 Å². The zero-order valence-electron chi connectivity index (χ0n) is 15.9. The molecule has 0 fully saturated rings. The van der Waals surface area contributed by atoms with Crippen molar-refractivity contribution >= 4 is 23.1 Å². The normalized spacial score (nSPS) is 11.3. The first-order valence-corrected chi connectivity index (χ1v) is 9.00. The summed E-state index contributed by atoms with van der Waals surface area (Å²) < 4.78 is 64.9. The lowest BCUT2D eigenvalue weighted by atomic mass is 10.1. The van der Waals surface area contributed by atoms with E-state index in [0.717, 1.165) is 30.3 Å². The lowest BCUT2D eigenvalue weighted by Gasteiger charge is -2.14. The van der Waals surface area contributed by atoms with Crippen LogP contribution in [-0.4, -0.2) is 10.9 Å². The molecule has 0 bridgehead atoms. The van der Waals surface area contributed by atoms with E-state index < -0.39 is 29.3 Å². The van der Waals surface area contributed by atoms with E-state index in [1.165, 1.54) is 24.4 Å². The monoisotopic (exact) mass is 436 g/mol. The molecular weight excluding hydrogens is 419 g/mol. The van der Waals surface area contributed by atoms with Crippen LogP contribution in [0.5, 0.6) is 0 Å². The zero-order valence-corrected chi connectivity index (χ0v) is 15.9. The summed E-state index contributed by atoms with van der Waals surface area (Å²) in [7, 11) is 0. The predicted molar refractivity (Wildman–Crippen MR) is 106 cm³/mol. The molecule has 162 valence electrons. The van der Waals surface area contributed by atoms with Gasteiger partial charge in [0.25, 0.3) is 0 Å². The molecule has 5 nitrogen and oxygen atoms in total. The third-order valence-electron chi connectivity index (χ3n) is 4.24. The fourth-order valence-corrected chi connectivity index (χ4v) is 2.85. The van der Waals surface area contributed by atoms with Gasteiger partial charge in [0.05, 0.1) is 12.0 Å². The number of anilines is 3. The molecular formula is C21H17F5N4O. The van der Waals surface area contributed by atoms with Crippen molar-refractivity contribution in [3.63, 3.8) is 0 Å². The Bertz CT molecular complexity index is 1060. The summed E-state index contributed by atoms with van der Waals surface area (Å²) in [5, 5.41) is 5.84. The number of aromatic nitrogens is 1. The first kappa shape index (κ1) is 22.0. The Morgan fingerprint density at radius 2 is 1.65 bits per heavy atom. The third-order valence-corrected chi connectivity index (χ3v) is 4.24. The molecule has 1 aromatic heterocycles. The fourth-order valence-electron chi connectivity index (χ4n) is 2.85. The Morgan fingerprint density at radius 3 is 2.23 bits per heavy atom. The molecule has 2 aromatic carbocycles. The predicted octanol–water partition coefficient (Wildman–Crippen LogP) is 4.76. The Kier molecular flexibility index (Phi) is 6.38. The fraction of sp³-hybridized carbons (Fsp3) is 0.143. The summed E-state index contributed by atoms with van der Waals surface area (Å²) >= 11 is 0. The Balaban J connectivity index is 1.81. The lowest BCUT2D eigenvalue weighted by Crippen LogP contribution is -2.15. The van der Waals surface area contributed by atoms with Gasteiger partial charge in [0.1, 0.15) is 17.5 Å². The average Bonchev–Trinajstić information content (AvgIpc) is 2.66. The SMILES string of the molecule is NC(=O)Cc1cnc(Nc2ccc(C(F)(F)F)cc2)cc1NCc1cc(F)cc(F)c1. The van der Waals surface area contributed by atoms with E-state index in [4.69, 9.17) is 5.73 Å². The first-order chi connectivity index (χ1) is 14.6. The standard InChI is InChI=1S/C21H17F5N4O/c22-15-5-12(6-16(23)8-15)10-28-18-9-20(29-11-13(18)7-19(27)31)30-17-3-1-14(2-4-17)21(24,25)26/h1-6,8-9,11H,7,10H2,(H2,27,31)(H2,28,29,30). The van der Waals surface area contributed by atoms with Gasteiger partial charge >= 0.3 is 6.18 Å². The van der Waals surface area contributed by atoms with Crippen LogP contribution in [0.2, 0.25) is 0 Å². The molecule has 0 aliphatic heterocycles. The molecule has 0 aliphatic carbocycles. The molecule has 0 radical (unpaired) electrons. The molecule has 0 spiro atoms. The van der Waals surface area contributed by atoms with Crippen molar-refractivity contribution in [2.45, 2.75) is 19.1 Å². The number of benzene rings is 2. The molecule has 1 heterocycles. The van der Waals surface area contributed by atoms with Crippen LogP contribution in [0.4, 0.5) is 39.1 Å². The van der Waals surface area contributed by atoms with Gasteiger partial charge in [-0.3, -0.25) is 4.79 Å². The van der Waals surface area contributed by atoms with Crippen molar-refractivity contribution in [3.05, 3.63) is 83.1 Å². The van der Waals surface area contributed by atoms with Gasteiger partial charge in [0.2, 0.25) is 5.91 Å². The van der Waals surface area contributed by atoms with Gasteiger partial charge in [0, 0.05) is 41.8 Å². The number of pyridine rings is 1. The highest BCUT2D eigenvalue weighted by Crippen LogP contribution is 2.30. The van der Waals surface area contributed by atoms with Crippen LogP contribution >= 0.6 is 0 Å². The van der Waals surface area contributed by atoms with Crippen LogP contribution in [0.25, 0.3) is 0 Å². The van der Waals surface area contributed by atoms with Crippen molar-refractivity contribution in [2.75, 3.05) is 10.6 Å². The summed E-state index contributed by atoms with van der Waals surface area (Å²) in [6.07, 6.45) is -3.19. The van der Waals surface area contributed by atoms with Crippen LogP contribution in [-0.2, 0) is 23.9 Å². The molecule has 4 N–H and O–H groups in total. The Hall–Kier alpha value is -3.69. The number of carbonyl (C=O) groups is 1. The smallest absolute Gasteiger partial charge is 0.381 e. The molecule has 0 aliphatic rings. The van der Waals surface area contributed by atoms with Crippen LogP contribution in [0.1, 0.15) is 16.7 Å². The van der Waals surface area contributed by atoms with Crippen LogP contribution in [0.15, 0.2) is 54.7 Å². The second-order valence-corrected chi connectivity index (χ2v) is 6.70. The van der Waals surface area contributed by atoms with Gasteiger partial charge in [-0.1, -0.05) is 0 Å². The highest BCUT2D eigenvalue weighted by atomic mass is 19.4. The maximum atomic E-state index is 13.4. The van der Waals surface area contributed by atoms with Crippen LogP contribution in [0, 0.1) is 11.6 Å². The van der Waals surface area contributed by atoms with E-state index in [-0.39, 0.29) is 18.8 Å². The van der Waals surface area contributed by atoms with Crippen molar-refractivity contribution in [1.29, 1.82) is 0 Å². The quantitative estimate of drug-likeness (QED) is 0.467. The lowest BCUT2D eigenvalue weighted by molar-refractivity contribution is -0.137. The topological polar surface area (TPSA) is 80.0 Å². The van der Waals surface area contributed by atoms with E-state index in [9.17, 15) is 26.7 Å². The molecule has 1 amide bonds. The minimum Gasteiger partial charge on any atom is -0.381 e. The number of amides is 1. The Morgan fingerprint density at radius 1 is 1.00 bits per heavy atom. The number of rotatable bonds is 7. The number of hydrogen-bond acceptors (Lipinski definition) is 4. The number of halogens is 5. The Labute approximate surface area is 174 Å². The number of nitrogens with one attached hydrogen (secondary N) is 2. The number of primary amides is 1. The van der Waals surface area contributed by atoms with Gasteiger partial charge in [0.15, 0.2) is 0 Å². The number of carbonyl (C=O) groups excluding carboxylic acids is 1. The second kappa shape index (κ2) is 8.99. The maximum absolute atomic E-state index is 13.4. The third kappa shape index (κ3) is 6.14. The molecule has 0 unspecified atom stereocenters. The molecule has 3 aromatic rings. The average molecular weight is 436 g/mol. The molecule has 0 atom stereocenters. The molecule has 0 saturated heterocycles. The highest BCUT2D eigenvalue weighted by Gasteiger charge is 2.29. The van der Waals surface area contributed by atoms with E-state index >= 15 is 0 Å². The van der Waals surface area contributed by atoms with Crippen LogP contribution < -0.4 is 16.4 Å². The maximum Gasteiger partial charge on any atom is 0.416 e. The summed E-state index contributed by atoms with van der Waals surface area (Å²) in [6, 6.07) is 8.96. The minimum absolute atomic E-state index is 0.0458. The summed E-state index contributed by atoms with van der Waals surface area (Å²) in [5.74, 6) is -1.78. The molecule has 31 heavy (non-hydrogen) atoms. The largest absolute Gasteiger partial charge is 0.416 e. The minimum atomic E-state index is -4.44. The number of alkyl halides is 3. The second-order valence-electron chi connectivity index (χ2n) is 6.70. The van der Waals surface area contributed by atoms with Gasteiger partial charge in [-0.25, -0.2) is 13.8 Å². The molecule has 10 heteroatoms. The van der Waals surface area contributed by atoms with Gasteiger partial charge in [-0.15, -0.1) is 0 Å². The van der Waals surface area contributed by atoms with Crippen LogP contribution in [0.3, 0.4) is 0 Å². The zero-order chi connectivity index (χ0) is 22.6. The van der Waals surface area contributed by atoms with E-state index in [1.54, 1.807) is 0 Å². The van der Waals surface area contributed by atoms with E-state index in [0.29, 0.717) is 22.5 Å². The summed E-state index contributed by atoms with van der Waals surface area (Å²) in [6.45, 7) is 0.0458.